The molecule has 1 aromatic rings. The summed E-state index contributed by atoms with van der Waals surface area (Å²) < 4.78 is 0. The molecular weight excluding hydrogens is 274 g/mol. The van der Waals surface area contributed by atoms with Gasteiger partial charge in [0.2, 0.25) is 0 Å². The summed E-state index contributed by atoms with van der Waals surface area (Å²) in [4.78, 5) is 18.5. The third-order valence-corrected chi connectivity index (χ3v) is 4.96. The van der Waals surface area contributed by atoms with Crippen LogP contribution in [0.1, 0.15) is 36.0 Å². The van der Waals surface area contributed by atoms with Gasteiger partial charge in [0.1, 0.15) is 5.15 Å². The van der Waals surface area contributed by atoms with Crippen molar-refractivity contribution in [2.24, 2.45) is 5.92 Å². The van der Waals surface area contributed by atoms with Gasteiger partial charge in [0.05, 0.1) is 5.56 Å². The van der Waals surface area contributed by atoms with Crippen molar-refractivity contribution in [2.75, 3.05) is 13.6 Å². The molecule has 108 valence electrons. The van der Waals surface area contributed by atoms with Crippen LogP contribution in [-0.2, 0) is 0 Å². The largest absolute Gasteiger partial charge is 0.352 e. The summed E-state index contributed by atoms with van der Waals surface area (Å²) in [6.07, 6.45) is 6.55. The normalized spacial score (nSPS) is 29.4. The molecule has 2 aliphatic heterocycles. The summed E-state index contributed by atoms with van der Waals surface area (Å²) in [5.41, 5.74) is 0.574. The quantitative estimate of drug-likeness (QED) is 0.870. The molecule has 2 atom stereocenters. The van der Waals surface area contributed by atoms with Crippen LogP contribution in [0.3, 0.4) is 0 Å². The Morgan fingerprint density at radius 2 is 2.10 bits per heavy atom. The molecule has 1 aromatic heterocycles. The molecule has 0 spiro atoms. The highest BCUT2D eigenvalue weighted by Gasteiger charge is 2.38. The SMILES string of the molecule is CN1C2CCC1CC(CNC(=O)c1ccc(Cl)nc1)C2. The minimum Gasteiger partial charge on any atom is -0.352 e. The molecule has 0 radical (unpaired) electrons. The van der Waals surface area contributed by atoms with Gasteiger partial charge in [-0.15, -0.1) is 0 Å². The van der Waals surface area contributed by atoms with Gasteiger partial charge in [-0.3, -0.25) is 4.79 Å². The zero-order valence-corrected chi connectivity index (χ0v) is 12.4. The Labute approximate surface area is 124 Å². The second-order valence-electron chi connectivity index (χ2n) is 5.97. The van der Waals surface area contributed by atoms with Crippen molar-refractivity contribution in [3.63, 3.8) is 0 Å². The molecule has 2 saturated heterocycles. The minimum absolute atomic E-state index is 0.0551. The summed E-state index contributed by atoms with van der Waals surface area (Å²) in [7, 11) is 2.23. The van der Waals surface area contributed by atoms with Gasteiger partial charge in [-0.25, -0.2) is 4.98 Å². The third-order valence-electron chi connectivity index (χ3n) is 4.74. The van der Waals surface area contributed by atoms with Gasteiger partial charge in [0.25, 0.3) is 5.91 Å². The number of fused-ring (bicyclic) bond motifs is 2. The number of aromatic nitrogens is 1. The molecular formula is C15H20ClN3O. The number of carbonyl (C=O) groups is 1. The number of carbonyl (C=O) groups excluding carboxylic acids is 1. The standard InChI is InChI=1S/C15H20ClN3O/c1-19-12-3-4-13(19)7-10(6-12)8-18-15(20)11-2-5-14(16)17-9-11/h2,5,9-10,12-13H,3-4,6-8H2,1H3,(H,18,20). The van der Waals surface area contributed by atoms with Crippen molar-refractivity contribution in [2.45, 2.75) is 37.8 Å². The number of halogens is 1. The van der Waals surface area contributed by atoms with Gasteiger partial charge in [0, 0.05) is 24.8 Å². The van der Waals surface area contributed by atoms with E-state index in [0.717, 1.165) is 6.54 Å². The Morgan fingerprint density at radius 1 is 1.40 bits per heavy atom. The van der Waals surface area contributed by atoms with Crippen LogP contribution in [0.15, 0.2) is 18.3 Å². The van der Waals surface area contributed by atoms with Crippen LogP contribution in [-0.4, -0.2) is 41.5 Å². The van der Waals surface area contributed by atoms with Crippen molar-refractivity contribution in [1.82, 2.24) is 15.2 Å². The van der Waals surface area contributed by atoms with Crippen molar-refractivity contribution >= 4 is 17.5 Å². The molecule has 0 aliphatic carbocycles. The molecule has 1 N–H and O–H groups in total. The zero-order valence-electron chi connectivity index (χ0n) is 11.7. The van der Waals surface area contributed by atoms with E-state index in [1.54, 1.807) is 12.1 Å². The first-order chi connectivity index (χ1) is 9.63. The molecule has 2 unspecified atom stereocenters. The lowest BCUT2D eigenvalue weighted by atomic mass is 9.91. The fourth-order valence-corrected chi connectivity index (χ4v) is 3.65. The third kappa shape index (κ3) is 2.81. The van der Waals surface area contributed by atoms with E-state index < -0.39 is 0 Å². The maximum atomic E-state index is 12.0. The number of nitrogens with zero attached hydrogens (tertiary/aromatic N) is 2. The number of piperidine rings is 1. The van der Waals surface area contributed by atoms with E-state index in [1.165, 1.54) is 31.9 Å². The highest BCUT2D eigenvalue weighted by Crippen LogP contribution is 2.36. The number of hydrogen-bond acceptors (Lipinski definition) is 3. The molecule has 2 bridgehead atoms. The molecule has 0 saturated carbocycles. The molecule has 2 fully saturated rings. The molecule has 5 heteroatoms. The van der Waals surface area contributed by atoms with E-state index in [1.807, 2.05) is 0 Å². The lowest BCUT2D eigenvalue weighted by Gasteiger charge is -2.36. The number of nitrogens with one attached hydrogen (secondary N) is 1. The second-order valence-corrected chi connectivity index (χ2v) is 6.35. The number of amides is 1. The monoisotopic (exact) mass is 293 g/mol. The van der Waals surface area contributed by atoms with E-state index in [9.17, 15) is 4.79 Å². The Bertz CT molecular complexity index is 476. The number of pyridine rings is 1. The summed E-state index contributed by atoms with van der Waals surface area (Å²) >= 11 is 5.72. The topological polar surface area (TPSA) is 45.2 Å². The lowest BCUT2D eigenvalue weighted by molar-refractivity contribution is 0.0917. The highest BCUT2D eigenvalue weighted by atomic mass is 35.5. The van der Waals surface area contributed by atoms with Crippen LogP contribution in [0.25, 0.3) is 0 Å². The number of hydrogen-bond donors (Lipinski definition) is 1. The first kappa shape index (κ1) is 13.8. The van der Waals surface area contributed by atoms with Gasteiger partial charge in [-0.1, -0.05) is 11.6 Å². The maximum Gasteiger partial charge on any atom is 0.252 e. The van der Waals surface area contributed by atoms with E-state index in [4.69, 9.17) is 11.6 Å². The van der Waals surface area contributed by atoms with Crippen molar-refractivity contribution in [1.29, 1.82) is 0 Å². The molecule has 0 aromatic carbocycles. The van der Waals surface area contributed by atoms with Crippen molar-refractivity contribution in [3.05, 3.63) is 29.0 Å². The molecule has 20 heavy (non-hydrogen) atoms. The molecule has 2 aliphatic rings. The first-order valence-electron chi connectivity index (χ1n) is 7.25. The molecule has 4 nitrogen and oxygen atoms in total. The van der Waals surface area contributed by atoms with Crippen LogP contribution < -0.4 is 5.32 Å². The van der Waals surface area contributed by atoms with Crippen molar-refractivity contribution < 1.29 is 4.79 Å². The average molecular weight is 294 g/mol. The predicted molar refractivity (Wildman–Crippen MR) is 78.9 cm³/mol. The molecule has 3 rings (SSSR count). The summed E-state index contributed by atoms with van der Waals surface area (Å²) in [5, 5.41) is 3.44. The van der Waals surface area contributed by atoms with E-state index in [-0.39, 0.29) is 5.91 Å². The van der Waals surface area contributed by atoms with Gasteiger partial charge < -0.3 is 10.2 Å². The molecule has 1 amide bonds. The van der Waals surface area contributed by atoms with Gasteiger partial charge in [0.15, 0.2) is 0 Å². The van der Waals surface area contributed by atoms with Gasteiger partial charge >= 0.3 is 0 Å². The highest BCUT2D eigenvalue weighted by molar-refractivity contribution is 6.29. The summed E-state index contributed by atoms with van der Waals surface area (Å²) in [6, 6.07) is 4.79. The van der Waals surface area contributed by atoms with Gasteiger partial charge in [-0.2, -0.15) is 0 Å². The Morgan fingerprint density at radius 3 is 2.70 bits per heavy atom. The number of rotatable bonds is 3. The van der Waals surface area contributed by atoms with Crippen molar-refractivity contribution in [3.8, 4) is 0 Å². The smallest absolute Gasteiger partial charge is 0.252 e. The Balaban J connectivity index is 1.52. The van der Waals surface area contributed by atoms with E-state index >= 15 is 0 Å². The Kier molecular flexibility index (Phi) is 3.94. The fourth-order valence-electron chi connectivity index (χ4n) is 3.54. The Hall–Kier alpha value is -1.13. The van der Waals surface area contributed by atoms with E-state index in [2.05, 4.69) is 22.2 Å². The summed E-state index contributed by atoms with van der Waals surface area (Å²) in [6.45, 7) is 0.766. The fraction of sp³-hybridized carbons (Fsp3) is 0.600. The van der Waals surface area contributed by atoms with Crippen LogP contribution in [0.2, 0.25) is 5.15 Å². The predicted octanol–water partition coefficient (Wildman–Crippen LogP) is 2.34. The summed E-state index contributed by atoms with van der Waals surface area (Å²) in [5.74, 6) is 0.549. The van der Waals surface area contributed by atoms with Crippen LogP contribution in [0, 0.1) is 5.92 Å². The van der Waals surface area contributed by atoms with Crippen LogP contribution >= 0.6 is 11.6 Å². The van der Waals surface area contributed by atoms with Crippen LogP contribution in [0.5, 0.6) is 0 Å². The first-order valence-corrected chi connectivity index (χ1v) is 7.63. The maximum absolute atomic E-state index is 12.0. The minimum atomic E-state index is -0.0551. The van der Waals surface area contributed by atoms with Crippen LogP contribution in [0.4, 0.5) is 0 Å². The lowest BCUT2D eigenvalue weighted by Crippen LogP contribution is -2.43. The average Bonchev–Trinajstić information content (AvgIpc) is 2.66. The van der Waals surface area contributed by atoms with E-state index in [0.29, 0.717) is 28.7 Å². The second kappa shape index (κ2) is 5.70. The molecule has 3 heterocycles. The zero-order chi connectivity index (χ0) is 14.1. The van der Waals surface area contributed by atoms with Gasteiger partial charge in [-0.05, 0) is 50.8 Å².